The molecule has 1 N–H and O–H groups in total. The lowest BCUT2D eigenvalue weighted by Crippen LogP contribution is -2.33. The molecule has 0 spiro atoms. The van der Waals surface area contributed by atoms with Crippen molar-refractivity contribution in [1.82, 2.24) is 9.55 Å². The molecule has 4 unspecified atom stereocenters. The maximum Gasteiger partial charge on any atom is 0.419 e. The Balaban J connectivity index is 2.13. The van der Waals surface area contributed by atoms with E-state index in [-0.39, 0.29) is 36.1 Å². The summed E-state index contributed by atoms with van der Waals surface area (Å²) in [5.41, 5.74) is 0.798. The van der Waals surface area contributed by atoms with Gasteiger partial charge in [-0.15, -0.1) is 0 Å². The molecular weight excluding hydrogens is 478 g/mol. The molecule has 0 radical (unpaired) electrons. The fraction of sp³-hybridized carbons (Fsp3) is 0.741. The Morgan fingerprint density at radius 3 is 2.65 bits per heavy atom. The Morgan fingerprint density at radius 1 is 1.22 bits per heavy atom. The second kappa shape index (κ2) is 16.2. The highest BCUT2D eigenvalue weighted by atomic mass is 16.6. The molecule has 10 heteroatoms. The summed E-state index contributed by atoms with van der Waals surface area (Å²) in [6, 6.07) is 0. The fourth-order valence-electron chi connectivity index (χ4n) is 4.65. The quantitative estimate of drug-likeness (QED) is 0.300. The molecule has 208 valence electrons. The number of rotatable bonds is 8. The van der Waals surface area contributed by atoms with Crippen LogP contribution in [0, 0.1) is 17.8 Å². The molecule has 37 heavy (non-hydrogen) atoms. The number of aliphatic hydroxyl groups is 1. The van der Waals surface area contributed by atoms with Crippen molar-refractivity contribution in [2.45, 2.75) is 97.2 Å². The number of carbonyl (C=O) groups excluding carboxylic acids is 3. The monoisotopic (exact) mass is 521 g/mol. The van der Waals surface area contributed by atoms with E-state index >= 15 is 0 Å². The van der Waals surface area contributed by atoms with Gasteiger partial charge in [0.2, 0.25) is 0 Å². The maximum atomic E-state index is 13.3. The number of cyclic esters (lactones) is 1. The first-order valence-corrected chi connectivity index (χ1v) is 13.4. The molecule has 1 aliphatic heterocycles. The van der Waals surface area contributed by atoms with E-state index in [0.717, 1.165) is 25.0 Å². The molecule has 1 aromatic heterocycles. The Bertz CT molecular complexity index is 869. The molecule has 1 aliphatic rings. The van der Waals surface area contributed by atoms with Gasteiger partial charge in [-0.1, -0.05) is 25.4 Å². The third-order valence-corrected chi connectivity index (χ3v) is 6.86. The summed E-state index contributed by atoms with van der Waals surface area (Å²) in [7, 11) is 1.49. The summed E-state index contributed by atoms with van der Waals surface area (Å²) in [4.78, 5) is 47.1. The molecule has 0 amide bonds. The standard InChI is InChI=1S/C27H43N3O7/c1-19-7-6-16-36-26(33)20(2)10-11-22(8-5-9-23(29-35-4)17-21(3)31)12-13-24(25(19)32)37-27(34)30-15-14-28-18-30/h14-15,18-22,24,31H,5-13,16-17H2,1-4H3/b29-23-/t19?,20?,21?,22-,24?/m1/s1. The third-order valence-electron chi connectivity index (χ3n) is 6.86. The van der Waals surface area contributed by atoms with E-state index < -0.39 is 18.3 Å². The highest BCUT2D eigenvalue weighted by molar-refractivity contribution is 5.87. The topological polar surface area (TPSA) is 129 Å². The lowest BCUT2D eigenvalue weighted by atomic mass is 9.86. The minimum Gasteiger partial charge on any atom is -0.465 e. The molecule has 0 bridgehead atoms. The van der Waals surface area contributed by atoms with Gasteiger partial charge in [-0.25, -0.2) is 14.3 Å². The predicted molar refractivity (Wildman–Crippen MR) is 138 cm³/mol. The summed E-state index contributed by atoms with van der Waals surface area (Å²) >= 11 is 0. The van der Waals surface area contributed by atoms with E-state index in [1.54, 1.807) is 6.92 Å². The van der Waals surface area contributed by atoms with Crippen molar-refractivity contribution < 1.29 is 33.8 Å². The van der Waals surface area contributed by atoms with Crippen molar-refractivity contribution in [3.05, 3.63) is 18.7 Å². The number of hydrogen-bond acceptors (Lipinski definition) is 9. The smallest absolute Gasteiger partial charge is 0.419 e. The normalized spacial score (nSPS) is 25.6. The molecule has 0 saturated carbocycles. The van der Waals surface area contributed by atoms with Crippen LogP contribution >= 0.6 is 0 Å². The summed E-state index contributed by atoms with van der Waals surface area (Å²) in [6.45, 7) is 5.70. The number of aromatic nitrogens is 2. The van der Waals surface area contributed by atoms with Crippen molar-refractivity contribution in [3.63, 3.8) is 0 Å². The van der Waals surface area contributed by atoms with E-state index in [0.29, 0.717) is 44.9 Å². The average molecular weight is 522 g/mol. The van der Waals surface area contributed by atoms with Gasteiger partial charge in [-0.2, -0.15) is 0 Å². The van der Waals surface area contributed by atoms with Gasteiger partial charge in [0.15, 0.2) is 11.9 Å². The molecule has 1 saturated heterocycles. The zero-order valence-electron chi connectivity index (χ0n) is 22.6. The molecule has 5 atom stereocenters. The zero-order valence-corrected chi connectivity index (χ0v) is 22.6. The van der Waals surface area contributed by atoms with Gasteiger partial charge in [0.1, 0.15) is 13.4 Å². The van der Waals surface area contributed by atoms with Crippen LogP contribution in [0.25, 0.3) is 0 Å². The Morgan fingerprint density at radius 2 is 1.97 bits per heavy atom. The summed E-state index contributed by atoms with van der Waals surface area (Å²) in [6.07, 6.45) is 8.82. The molecule has 10 nitrogen and oxygen atoms in total. The first-order valence-electron chi connectivity index (χ1n) is 13.4. The summed E-state index contributed by atoms with van der Waals surface area (Å²) in [5.74, 6) is -0.638. The summed E-state index contributed by atoms with van der Waals surface area (Å²) in [5, 5.41) is 13.8. The number of ketones is 1. The molecular formula is C27H43N3O7. The largest absolute Gasteiger partial charge is 0.465 e. The summed E-state index contributed by atoms with van der Waals surface area (Å²) < 4.78 is 12.3. The van der Waals surface area contributed by atoms with Gasteiger partial charge >= 0.3 is 12.1 Å². The number of esters is 1. The number of oxime groups is 1. The van der Waals surface area contributed by atoms with Crippen LogP contribution in [0.15, 0.2) is 23.9 Å². The van der Waals surface area contributed by atoms with Crippen LogP contribution in [-0.4, -0.2) is 64.1 Å². The lowest BCUT2D eigenvalue weighted by molar-refractivity contribution is -0.148. The number of Topliss-reactive ketones (excluding diaryl/α,β-unsaturated/α-hetero) is 1. The van der Waals surface area contributed by atoms with Gasteiger partial charge in [0.05, 0.1) is 24.3 Å². The molecule has 1 aromatic rings. The molecule has 0 aromatic carbocycles. The van der Waals surface area contributed by atoms with Crippen molar-refractivity contribution in [1.29, 1.82) is 0 Å². The minimum atomic E-state index is -0.851. The van der Waals surface area contributed by atoms with Crippen LogP contribution in [0.2, 0.25) is 0 Å². The van der Waals surface area contributed by atoms with E-state index in [1.165, 1.54) is 30.4 Å². The highest BCUT2D eigenvalue weighted by Crippen LogP contribution is 2.27. The number of carbonyl (C=O) groups is 3. The number of aliphatic hydroxyl groups excluding tert-OH is 1. The van der Waals surface area contributed by atoms with Crippen LogP contribution in [0.1, 0.15) is 85.0 Å². The van der Waals surface area contributed by atoms with Gasteiger partial charge in [0.25, 0.3) is 0 Å². The third kappa shape index (κ3) is 11.0. The lowest BCUT2D eigenvalue weighted by Gasteiger charge is -2.25. The molecule has 1 fully saturated rings. The first kappa shape index (κ1) is 30.5. The van der Waals surface area contributed by atoms with Crippen LogP contribution < -0.4 is 0 Å². The SMILES string of the molecule is CO/N=C(/CCC[C@@H]1CCC(C)C(=O)OCCCC(C)C(=O)C(OC(=O)n2ccnc2)CC1)CC(C)O. The van der Waals surface area contributed by atoms with E-state index in [9.17, 15) is 19.5 Å². The molecule has 0 aliphatic carbocycles. The molecule has 2 heterocycles. The van der Waals surface area contributed by atoms with Crippen molar-refractivity contribution in [2.75, 3.05) is 13.7 Å². The van der Waals surface area contributed by atoms with E-state index in [1.807, 2.05) is 13.8 Å². The number of hydrogen-bond donors (Lipinski definition) is 1. The highest BCUT2D eigenvalue weighted by Gasteiger charge is 2.29. The van der Waals surface area contributed by atoms with Gasteiger partial charge < -0.3 is 19.4 Å². The first-order chi connectivity index (χ1) is 17.7. The average Bonchev–Trinajstić information content (AvgIpc) is 3.40. The van der Waals surface area contributed by atoms with Gasteiger partial charge in [0, 0.05) is 24.7 Å². The Labute approximate surface area is 219 Å². The van der Waals surface area contributed by atoms with E-state index in [2.05, 4.69) is 10.1 Å². The number of nitrogens with zero attached hydrogens (tertiary/aromatic N) is 3. The number of imidazole rings is 1. The van der Waals surface area contributed by atoms with E-state index in [4.69, 9.17) is 14.3 Å². The minimum absolute atomic E-state index is 0.115. The van der Waals surface area contributed by atoms with Crippen molar-refractivity contribution in [3.8, 4) is 0 Å². The van der Waals surface area contributed by atoms with Gasteiger partial charge in [-0.3, -0.25) is 9.59 Å². The zero-order chi connectivity index (χ0) is 27.2. The van der Waals surface area contributed by atoms with Crippen molar-refractivity contribution in [2.24, 2.45) is 22.9 Å². The second-order valence-corrected chi connectivity index (χ2v) is 10.2. The Kier molecular flexibility index (Phi) is 13.3. The van der Waals surface area contributed by atoms with Crippen LogP contribution in [-0.2, 0) is 23.9 Å². The van der Waals surface area contributed by atoms with Crippen LogP contribution in [0.3, 0.4) is 0 Å². The fourth-order valence-corrected chi connectivity index (χ4v) is 4.65. The molecule has 2 rings (SSSR count). The Hall–Kier alpha value is -2.75. The van der Waals surface area contributed by atoms with Gasteiger partial charge in [-0.05, 0) is 64.2 Å². The van der Waals surface area contributed by atoms with Crippen LogP contribution in [0.5, 0.6) is 0 Å². The predicted octanol–water partition coefficient (Wildman–Crippen LogP) is 4.53. The second-order valence-electron chi connectivity index (χ2n) is 10.2. The van der Waals surface area contributed by atoms with Crippen LogP contribution in [0.4, 0.5) is 4.79 Å². The van der Waals surface area contributed by atoms with Crippen molar-refractivity contribution >= 4 is 23.6 Å². The number of ether oxygens (including phenoxy) is 2. The maximum absolute atomic E-state index is 13.3.